The van der Waals surface area contributed by atoms with E-state index in [0.717, 1.165) is 57.8 Å². The summed E-state index contributed by atoms with van der Waals surface area (Å²) in [5.74, 6) is -2.70. The zero-order valence-electron chi connectivity index (χ0n) is 24.4. The van der Waals surface area contributed by atoms with E-state index in [-0.39, 0.29) is 48.7 Å². The van der Waals surface area contributed by atoms with Gasteiger partial charge in [0.05, 0.1) is 12.2 Å². The summed E-state index contributed by atoms with van der Waals surface area (Å²) in [4.78, 5) is 50.7. The third-order valence-electron chi connectivity index (χ3n) is 6.06. The fourth-order valence-electron chi connectivity index (χ4n) is 3.83. The number of unbranched alkanes of at least 4 members (excludes halogenated alkanes) is 9. The van der Waals surface area contributed by atoms with E-state index in [1.54, 1.807) is 0 Å². The summed E-state index contributed by atoms with van der Waals surface area (Å²) >= 11 is 0. The molecule has 8 nitrogen and oxygen atoms in total. The summed E-state index contributed by atoms with van der Waals surface area (Å²) in [5.41, 5.74) is 0.0359. The number of benzene rings is 1. The van der Waals surface area contributed by atoms with Crippen LogP contribution in [0.3, 0.4) is 0 Å². The third-order valence-corrected chi connectivity index (χ3v) is 6.06. The number of carbonyl (C=O) groups is 4. The molecule has 0 amide bonds. The molecule has 0 aromatic heterocycles. The van der Waals surface area contributed by atoms with Crippen molar-refractivity contribution >= 4 is 23.9 Å². The van der Waals surface area contributed by atoms with Crippen LogP contribution < -0.4 is 14.2 Å². The second kappa shape index (κ2) is 21.0. The average molecular weight is 549 g/mol. The number of hydrogen-bond donors (Lipinski definition) is 0. The van der Waals surface area contributed by atoms with Crippen molar-refractivity contribution in [3.63, 3.8) is 0 Å². The minimum Gasteiger partial charge on any atom is -0.462 e. The molecule has 0 heterocycles. The molecule has 0 saturated heterocycles. The Balaban J connectivity index is 3.30. The molecule has 0 bridgehead atoms. The largest absolute Gasteiger partial charge is 0.462 e. The Morgan fingerprint density at radius 2 is 0.949 bits per heavy atom. The van der Waals surface area contributed by atoms with E-state index in [2.05, 4.69) is 20.8 Å². The van der Waals surface area contributed by atoms with Crippen LogP contribution in [0, 0.1) is 0 Å². The van der Waals surface area contributed by atoms with Gasteiger partial charge in [-0.1, -0.05) is 85.5 Å². The average Bonchev–Trinajstić information content (AvgIpc) is 2.91. The van der Waals surface area contributed by atoms with Crippen LogP contribution in [0.1, 0.15) is 141 Å². The molecule has 0 aliphatic carbocycles. The molecule has 0 spiro atoms. The maximum absolute atomic E-state index is 12.7. The Kier molecular flexibility index (Phi) is 18.4. The van der Waals surface area contributed by atoms with Gasteiger partial charge in [0.15, 0.2) is 11.5 Å². The number of hydrogen-bond acceptors (Lipinski definition) is 8. The summed E-state index contributed by atoms with van der Waals surface area (Å²) in [6, 6.07) is 2.61. The van der Waals surface area contributed by atoms with Crippen LogP contribution in [0.15, 0.2) is 12.1 Å². The Morgan fingerprint density at radius 1 is 0.538 bits per heavy atom. The van der Waals surface area contributed by atoms with E-state index < -0.39 is 23.9 Å². The van der Waals surface area contributed by atoms with Gasteiger partial charge in [-0.3, -0.25) is 14.4 Å². The lowest BCUT2D eigenvalue weighted by atomic mass is 10.1. The third kappa shape index (κ3) is 14.7. The van der Waals surface area contributed by atoms with Gasteiger partial charge in [0.1, 0.15) is 0 Å². The molecule has 0 aliphatic rings. The van der Waals surface area contributed by atoms with Crippen molar-refractivity contribution in [3.05, 3.63) is 17.7 Å². The van der Waals surface area contributed by atoms with Gasteiger partial charge in [0.25, 0.3) is 0 Å². The molecule has 0 aliphatic heterocycles. The van der Waals surface area contributed by atoms with Gasteiger partial charge in [-0.2, -0.15) is 0 Å². The molecular weight excluding hydrogens is 500 g/mol. The lowest BCUT2D eigenvalue weighted by molar-refractivity contribution is -0.138. The molecule has 1 aromatic carbocycles. The number of rotatable bonds is 21. The van der Waals surface area contributed by atoms with E-state index in [1.165, 1.54) is 12.1 Å². The van der Waals surface area contributed by atoms with E-state index in [1.807, 2.05) is 6.92 Å². The number of esters is 4. The highest BCUT2D eigenvalue weighted by molar-refractivity contribution is 5.92. The maximum atomic E-state index is 12.7. The van der Waals surface area contributed by atoms with Crippen LogP contribution >= 0.6 is 0 Å². The Bertz CT molecular complexity index is 846. The Morgan fingerprint density at radius 3 is 1.33 bits per heavy atom. The first-order chi connectivity index (χ1) is 18.9. The first-order valence-corrected chi connectivity index (χ1v) is 14.8. The molecule has 0 radical (unpaired) electrons. The topological polar surface area (TPSA) is 105 Å². The summed E-state index contributed by atoms with van der Waals surface area (Å²) in [7, 11) is 0. The second-order valence-corrected chi connectivity index (χ2v) is 9.79. The first kappa shape index (κ1) is 34.1. The molecule has 39 heavy (non-hydrogen) atoms. The zero-order valence-corrected chi connectivity index (χ0v) is 24.4. The van der Waals surface area contributed by atoms with Gasteiger partial charge in [-0.05, 0) is 37.8 Å². The van der Waals surface area contributed by atoms with E-state index in [9.17, 15) is 19.2 Å². The van der Waals surface area contributed by atoms with Gasteiger partial charge in [0.2, 0.25) is 5.75 Å². The normalized spacial score (nSPS) is 10.7. The molecule has 1 aromatic rings. The van der Waals surface area contributed by atoms with Crippen LogP contribution in [-0.4, -0.2) is 30.5 Å². The molecular formula is C31H48O8. The van der Waals surface area contributed by atoms with Gasteiger partial charge >= 0.3 is 23.9 Å². The summed E-state index contributed by atoms with van der Waals surface area (Å²) in [6.45, 7) is 8.31. The zero-order chi connectivity index (χ0) is 28.9. The molecule has 220 valence electrons. The van der Waals surface area contributed by atoms with Gasteiger partial charge in [0, 0.05) is 19.3 Å². The van der Waals surface area contributed by atoms with Crippen molar-refractivity contribution in [1.29, 1.82) is 0 Å². The van der Waals surface area contributed by atoms with Crippen LogP contribution in [0.4, 0.5) is 0 Å². The van der Waals surface area contributed by atoms with E-state index >= 15 is 0 Å². The summed E-state index contributed by atoms with van der Waals surface area (Å²) < 4.78 is 22.0. The molecule has 0 fully saturated rings. The van der Waals surface area contributed by atoms with Crippen molar-refractivity contribution in [2.45, 2.75) is 130 Å². The lowest BCUT2D eigenvalue weighted by Gasteiger charge is -2.16. The Hall–Kier alpha value is -2.90. The molecule has 8 heteroatoms. The highest BCUT2D eigenvalue weighted by Gasteiger charge is 2.25. The molecule has 0 unspecified atom stereocenters. The highest BCUT2D eigenvalue weighted by Crippen LogP contribution is 2.40. The molecule has 1 rings (SSSR count). The van der Waals surface area contributed by atoms with Crippen molar-refractivity contribution < 1.29 is 38.1 Å². The van der Waals surface area contributed by atoms with Crippen LogP contribution in [0.2, 0.25) is 0 Å². The number of ether oxygens (including phenoxy) is 4. The van der Waals surface area contributed by atoms with E-state index in [4.69, 9.17) is 18.9 Å². The van der Waals surface area contributed by atoms with Crippen LogP contribution in [0.25, 0.3) is 0 Å². The predicted octanol–water partition coefficient (Wildman–Crippen LogP) is 7.88. The van der Waals surface area contributed by atoms with Gasteiger partial charge in [-0.25, -0.2) is 4.79 Å². The van der Waals surface area contributed by atoms with Crippen molar-refractivity contribution in [3.8, 4) is 17.2 Å². The van der Waals surface area contributed by atoms with Gasteiger partial charge in [-0.15, -0.1) is 0 Å². The SMILES string of the molecule is CCCCCCC(=O)Oc1cc(C(=O)OCCC)cc(OC(=O)CCCCCC)c1OC(=O)CCCCCC. The van der Waals surface area contributed by atoms with E-state index in [0.29, 0.717) is 25.7 Å². The smallest absolute Gasteiger partial charge is 0.338 e. The van der Waals surface area contributed by atoms with Crippen molar-refractivity contribution in [1.82, 2.24) is 0 Å². The first-order valence-electron chi connectivity index (χ1n) is 14.8. The molecule has 0 saturated carbocycles. The van der Waals surface area contributed by atoms with Crippen molar-refractivity contribution in [2.75, 3.05) is 6.61 Å². The minimum absolute atomic E-state index is 0.0359. The Labute approximate surface area is 234 Å². The number of carbonyl (C=O) groups excluding carboxylic acids is 4. The van der Waals surface area contributed by atoms with Gasteiger partial charge < -0.3 is 18.9 Å². The fourth-order valence-corrected chi connectivity index (χ4v) is 3.83. The minimum atomic E-state index is -0.658. The highest BCUT2D eigenvalue weighted by atomic mass is 16.6. The monoisotopic (exact) mass is 548 g/mol. The summed E-state index contributed by atoms with van der Waals surface area (Å²) in [5, 5.41) is 0. The second-order valence-electron chi connectivity index (χ2n) is 9.79. The summed E-state index contributed by atoms with van der Waals surface area (Å²) in [6.07, 6.45) is 11.8. The fraction of sp³-hybridized carbons (Fsp3) is 0.677. The maximum Gasteiger partial charge on any atom is 0.338 e. The quantitative estimate of drug-likeness (QED) is 0.0867. The predicted molar refractivity (Wildman–Crippen MR) is 150 cm³/mol. The van der Waals surface area contributed by atoms with Crippen LogP contribution in [0.5, 0.6) is 17.2 Å². The van der Waals surface area contributed by atoms with Crippen molar-refractivity contribution in [2.24, 2.45) is 0 Å². The molecule has 0 atom stereocenters. The lowest BCUT2D eigenvalue weighted by Crippen LogP contribution is -2.16. The molecule has 0 N–H and O–H groups in total. The van der Waals surface area contributed by atoms with Crippen LogP contribution in [-0.2, 0) is 19.1 Å². The standard InChI is InChI=1S/C31H48O8/c1-5-9-12-15-18-27(32)37-25-22-24(31(35)36-21-8-4)23-26(38-28(33)19-16-13-10-6-2)30(25)39-29(34)20-17-14-11-7-3/h22-23H,5-21H2,1-4H3.